The van der Waals surface area contributed by atoms with Gasteiger partial charge in [-0.1, -0.05) is 0 Å². The Balaban J connectivity index is 2.25. The molecule has 0 aliphatic rings. The molecule has 0 fully saturated rings. The molecule has 2 rings (SSSR count). The maximum atomic E-state index is 12.1. The van der Waals surface area contributed by atoms with Crippen molar-refractivity contribution in [1.29, 1.82) is 0 Å². The SMILES string of the molecule is Cc1ccc(C(=O)Nc2ccc(O)cc2N)c(C)n1. The second kappa shape index (κ2) is 4.97. The molecule has 0 saturated carbocycles. The van der Waals surface area contributed by atoms with Crippen molar-refractivity contribution in [2.24, 2.45) is 0 Å². The summed E-state index contributed by atoms with van der Waals surface area (Å²) in [7, 11) is 0. The van der Waals surface area contributed by atoms with Gasteiger partial charge in [0.2, 0.25) is 0 Å². The van der Waals surface area contributed by atoms with Crippen LogP contribution in [-0.4, -0.2) is 16.0 Å². The summed E-state index contributed by atoms with van der Waals surface area (Å²) in [6.07, 6.45) is 0. The normalized spacial score (nSPS) is 10.2. The molecule has 5 nitrogen and oxygen atoms in total. The monoisotopic (exact) mass is 257 g/mol. The van der Waals surface area contributed by atoms with Gasteiger partial charge in [-0.25, -0.2) is 0 Å². The topological polar surface area (TPSA) is 88.2 Å². The number of nitrogen functional groups attached to an aromatic ring is 1. The first-order chi connectivity index (χ1) is 8.97. The standard InChI is InChI=1S/C14H15N3O2/c1-8-3-5-11(9(2)16-8)14(19)17-13-6-4-10(18)7-12(13)15/h3-7,18H,15H2,1-2H3,(H,17,19). The Hall–Kier alpha value is -2.56. The van der Waals surface area contributed by atoms with Crippen LogP contribution in [0.3, 0.4) is 0 Å². The summed E-state index contributed by atoms with van der Waals surface area (Å²) in [6.45, 7) is 3.65. The molecule has 0 atom stereocenters. The third-order valence-electron chi connectivity index (χ3n) is 2.75. The van der Waals surface area contributed by atoms with Gasteiger partial charge in [0.15, 0.2) is 0 Å². The van der Waals surface area contributed by atoms with E-state index in [4.69, 9.17) is 5.73 Å². The van der Waals surface area contributed by atoms with Gasteiger partial charge in [-0.2, -0.15) is 0 Å². The molecule has 1 heterocycles. The van der Waals surface area contributed by atoms with Gasteiger partial charge in [0, 0.05) is 11.8 Å². The number of nitrogens with two attached hydrogens (primary N) is 1. The molecule has 1 aromatic heterocycles. The Morgan fingerprint density at radius 1 is 1.26 bits per heavy atom. The van der Waals surface area contributed by atoms with Gasteiger partial charge >= 0.3 is 0 Å². The van der Waals surface area contributed by atoms with E-state index in [0.717, 1.165) is 5.69 Å². The maximum absolute atomic E-state index is 12.1. The number of carbonyl (C=O) groups excluding carboxylic acids is 1. The summed E-state index contributed by atoms with van der Waals surface area (Å²) in [5.74, 6) is -0.217. The number of hydrogen-bond donors (Lipinski definition) is 3. The summed E-state index contributed by atoms with van der Waals surface area (Å²) in [5, 5.41) is 12.0. The average Bonchev–Trinajstić information content (AvgIpc) is 2.32. The van der Waals surface area contributed by atoms with E-state index in [1.807, 2.05) is 6.92 Å². The van der Waals surface area contributed by atoms with E-state index in [1.54, 1.807) is 25.1 Å². The number of nitrogens with zero attached hydrogens (tertiary/aromatic N) is 1. The van der Waals surface area contributed by atoms with Crippen LogP contribution in [-0.2, 0) is 0 Å². The fraction of sp³-hybridized carbons (Fsp3) is 0.143. The average molecular weight is 257 g/mol. The van der Waals surface area contributed by atoms with E-state index >= 15 is 0 Å². The molecular formula is C14H15N3O2. The highest BCUT2D eigenvalue weighted by molar-refractivity contribution is 6.06. The van der Waals surface area contributed by atoms with Crippen LogP contribution in [0.15, 0.2) is 30.3 Å². The molecule has 0 spiro atoms. The van der Waals surface area contributed by atoms with Crippen molar-refractivity contribution in [3.05, 3.63) is 47.3 Å². The number of aromatic hydroxyl groups is 1. The van der Waals surface area contributed by atoms with Gasteiger partial charge in [-0.15, -0.1) is 0 Å². The molecule has 1 amide bonds. The minimum atomic E-state index is -0.276. The number of anilines is 2. The Labute approximate surface area is 111 Å². The van der Waals surface area contributed by atoms with E-state index < -0.39 is 0 Å². The number of pyridine rings is 1. The van der Waals surface area contributed by atoms with Crippen LogP contribution in [0.1, 0.15) is 21.7 Å². The fourth-order valence-corrected chi connectivity index (χ4v) is 1.78. The second-order valence-corrected chi connectivity index (χ2v) is 4.31. The molecule has 5 heteroatoms. The van der Waals surface area contributed by atoms with E-state index in [2.05, 4.69) is 10.3 Å². The largest absolute Gasteiger partial charge is 0.508 e. The molecule has 0 aliphatic carbocycles. The highest BCUT2D eigenvalue weighted by Gasteiger charge is 2.11. The molecule has 0 unspecified atom stereocenters. The summed E-state index contributed by atoms with van der Waals surface area (Å²) >= 11 is 0. The molecule has 19 heavy (non-hydrogen) atoms. The van der Waals surface area contributed by atoms with Crippen LogP contribution in [0.5, 0.6) is 5.75 Å². The molecule has 0 radical (unpaired) electrons. The number of phenolic OH excluding ortho intramolecular Hbond substituents is 1. The summed E-state index contributed by atoms with van der Waals surface area (Å²) in [6, 6.07) is 7.91. The Kier molecular flexibility index (Phi) is 3.37. The minimum Gasteiger partial charge on any atom is -0.508 e. The molecule has 0 aliphatic heterocycles. The number of rotatable bonds is 2. The van der Waals surface area contributed by atoms with Gasteiger partial charge < -0.3 is 16.2 Å². The van der Waals surface area contributed by atoms with Crippen molar-refractivity contribution >= 4 is 17.3 Å². The van der Waals surface area contributed by atoms with Crippen molar-refractivity contribution in [3.63, 3.8) is 0 Å². The molecular weight excluding hydrogens is 242 g/mol. The molecule has 4 N–H and O–H groups in total. The molecule has 98 valence electrons. The quantitative estimate of drug-likeness (QED) is 0.568. The minimum absolute atomic E-state index is 0.0590. The molecule has 0 bridgehead atoms. The van der Waals surface area contributed by atoms with Crippen molar-refractivity contribution in [2.75, 3.05) is 11.1 Å². The summed E-state index contributed by atoms with van der Waals surface area (Å²) < 4.78 is 0. The Bertz CT molecular complexity index is 639. The number of benzene rings is 1. The maximum Gasteiger partial charge on any atom is 0.257 e. The Morgan fingerprint density at radius 2 is 2.00 bits per heavy atom. The predicted molar refractivity (Wildman–Crippen MR) is 74.2 cm³/mol. The molecule has 0 saturated heterocycles. The lowest BCUT2D eigenvalue weighted by Crippen LogP contribution is -2.15. The van der Waals surface area contributed by atoms with E-state index in [-0.39, 0.29) is 11.7 Å². The van der Waals surface area contributed by atoms with E-state index in [9.17, 15) is 9.90 Å². The first-order valence-corrected chi connectivity index (χ1v) is 5.81. The fourth-order valence-electron chi connectivity index (χ4n) is 1.78. The number of aryl methyl sites for hydroxylation is 2. The number of aromatic nitrogens is 1. The summed E-state index contributed by atoms with van der Waals surface area (Å²) in [4.78, 5) is 16.4. The second-order valence-electron chi connectivity index (χ2n) is 4.31. The van der Waals surface area contributed by atoms with E-state index in [1.165, 1.54) is 12.1 Å². The van der Waals surface area contributed by atoms with Gasteiger partial charge in [0.05, 0.1) is 22.6 Å². The third kappa shape index (κ3) is 2.82. The highest BCUT2D eigenvalue weighted by Crippen LogP contribution is 2.24. The number of phenols is 1. The van der Waals surface area contributed by atoms with Crippen LogP contribution in [0.2, 0.25) is 0 Å². The van der Waals surface area contributed by atoms with Gasteiger partial charge in [-0.3, -0.25) is 9.78 Å². The van der Waals surface area contributed by atoms with Crippen LogP contribution in [0.25, 0.3) is 0 Å². The van der Waals surface area contributed by atoms with Gasteiger partial charge in [-0.05, 0) is 38.1 Å². The van der Waals surface area contributed by atoms with Crippen LogP contribution >= 0.6 is 0 Å². The zero-order valence-electron chi connectivity index (χ0n) is 10.8. The van der Waals surface area contributed by atoms with Crippen molar-refractivity contribution in [1.82, 2.24) is 4.98 Å². The van der Waals surface area contributed by atoms with Crippen molar-refractivity contribution in [2.45, 2.75) is 13.8 Å². The zero-order valence-corrected chi connectivity index (χ0v) is 10.8. The highest BCUT2D eigenvalue weighted by atomic mass is 16.3. The Morgan fingerprint density at radius 3 is 2.63 bits per heavy atom. The third-order valence-corrected chi connectivity index (χ3v) is 2.75. The van der Waals surface area contributed by atoms with E-state index in [0.29, 0.717) is 22.6 Å². The lowest BCUT2D eigenvalue weighted by Gasteiger charge is -2.10. The first kappa shape index (κ1) is 12.9. The number of carbonyl (C=O) groups is 1. The predicted octanol–water partition coefficient (Wildman–Crippen LogP) is 2.24. The lowest BCUT2D eigenvalue weighted by molar-refractivity contribution is 0.102. The number of nitrogens with one attached hydrogen (secondary N) is 1. The number of amides is 1. The first-order valence-electron chi connectivity index (χ1n) is 5.81. The lowest BCUT2D eigenvalue weighted by atomic mass is 10.1. The van der Waals surface area contributed by atoms with Gasteiger partial charge in [0.25, 0.3) is 5.91 Å². The molecule has 1 aromatic carbocycles. The number of hydrogen-bond acceptors (Lipinski definition) is 4. The smallest absolute Gasteiger partial charge is 0.257 e. The van der Waals surface area contributed by atoms with Crippen molar-refractivity contribution < 1.29 is 9.90 Å². The molecule has 2 aromatic rings. The van der Waals surface area contributed by atoms with Crippen LogP contribution in [0, 0.1) is 13.8 Å². The van der Waals surface area contributed by atoms with Crippen LogP contribution in [0.4, 0.5) is 11.4 Å². The van der Waals surface area contributed by atoms with Crippen molar-refractivity contribution in [3.8, 4) is 5.75 Å². The summed E-state index contributed by atoms with van der Waals surface area (Å²) in [5.41, 5.74) is 8.51. The van der Waals surface area contributed by atoms with Gasteiger partial charge in [0.1, 0.15) is 5.75 Å². The zero-order chi connectivity index (χ0) is 14.0. The van der Waals surface area contributed by atoms with Crippen LogP contribution < -0.4 is 11.1 Å².